The lowest BCUT2D eigenvalue weighted by Crippen LogP contribution is -2.44. The highest BCUT2D eigenvalue weighted by Gasteiger charge is 2.35. The van der Waals surface area contributed by atoms with E-state index in [-0.39, 0.29) is 22.6 Å². The zero-order valence-corrected chi connectivity index (χ0v) is 10.1. The molecular formula is C12H12ClFO3. The summed E-state index contributed by atoms with van der Waals surface area (Å²) in [5.74, 6) is -1.34. The number of carbonyl (C=O) groups excluding carboxylic acids is 1. The zero-order chi connectivity index (χ0) is 12.5. The van der Waals surface area contributed by atoms with E-state index in [1.807, 2.05) is 6.92 Å². The van der Waals surface area contributed by atoms with E-state index in [1.54, 1.807) is 0 Å². The average molecular weight is 259 g/mol. The van der Waals surface area contributed by atoms with Gasteiger partial charge in [-0.3, -0.25) is 0 Å². The number of ether oxygens (including phenoxy) is 2. The Kier molecular flexibility index (Phi) is 3.35. The Labute approximate surface area is 103 Å². The normalized spacial score (nSPS) is 17.4. The van der Waals surface area contributed by atoms with E-state index in [9.17, 15) is 9.18 Å². The Balaban J connectivity index is 1.99. The van der Waals surface area contributed by atoms with Crippen molar-refractivity contribution in [2.45, 2.75) is 6.92 Å². The van der Waals surface area contributed by atoms with Gasteiger partial charge < -0.3 is 9.47 Å². The molecule has 0 spiro atoms. The predicted octanol–water partition coefficient (Wildman–Crippen LogP) is 2.67. The highest BCUT2D eigenvalue weighted by Crippen LogP contribution is 2.27. The van der Waals surface area contributed by atoms with Gasteiger partial charge in [-0.05, 0) is 18.2 Å². The van der Waals surface area contributed by atoms with Crippen molar-refractivity contribution in [1.29, 1.82) is 0 Å². The summed E-state index contributed by atoms with van der Waals surface area (Å²) in [6, 6.07) is 3.86. The van der Waals surface area contributed by atoms with Gasteiger partial charge in [0.1, 0.15) is 12.4 Å². The zero-order valence-electron chi connectivity index (χ0n) is 9.33. The van der Waals surface area contributed by atoms with Gasteiger partial charge in [0.15, 0.2) is 0 Å². The van der Waals surface area contributed by atoms with Crippen molar-refractivity contribution in [3.05, 3.63) is 34.6 Å². The molecule has 17 heavy (non-hydrogen) atoms. The van der Waals surface area contributed by atoms with Gasteiger partial charge in [0.25, 0.3) is 0 Å². The molecule has 0 aliphatic carbocycles. The maximum absolute atomic E-state index is 13.4. The summed E-state index contributed by atoms with van der Waals surface area (Å²) in [4.78, 5) is 11.6. The number of rotatable bonds is 3. The van der Waals surface area contributed by atoms with Gasteiger partial charge in [0, 0.05) is 10.4 Å². The minimum absolute atomic E-state index is 0.0989. The SMILES string of the molecule is CC1(COC(=O)c2ccc(Cl)cc2F)COC1. The van der Waals surface area contributed by atoms with Crippen LogP contribution < -0.4 is 0 Å². The van der Waals surface area contributed by atoms with Gasteiger partial charge in [-0.1, -0.05) is 18.5 Å². The third-order valence-corrected chi connectivity index (χ3v) is 2.84. The summed E-state index contributed by atoms with van der Waals surface area (Å²) >= 11 is 5.59. The minimum Gasteiger partial charge on any atom is -0.461 e. The molecule has 0 bridgehead atoms. The van der Waals surface area contributed by atoms with Crippen LogP contribution >= 0.6 is 11.6 Å². The Morgan fingerprint density at radius 3 is 2.82 bits per heavy atom. The highest BCUT2D eigenvalue weighted by molar-refractivity contribution is 6.30. The van der Waals surface area contributed by atoms with E-state index in [4.69, 9.17) is 21.1 Å². The Bertz CT molecular complexity index is 443. The van der Waals surface area contributed by atoms with Crippen molar-refractivity contribution in [3.63, 3.8) is 0 Å². The quantitative estimate of drug-likeness (QED) is 0.782. The molecule has 1 fully saturated rings. The van der Waals surface area contributed by atoms with Crippen molar-refractivity contribution in [2.24, 2.45) is 5.41 Å². The number of benzene rings is 1. The topological polar surface area (TPSA) is 35.5 Å². The molecule has 1 saturated heterocycles. The molecule has 1 aromatic carbocycles. The molecule has 0 saturated carbocycles. The van der Waals surface area contributed by atoms with Crippen LogP contribution in [0.2, 0.25) is 5.02 Å². The van der Waals surface area contributed by atoms with Crippen molar-refractivity contribution < 1.29 is 18.7 Å². The van der Waals surface area contributed by atoms with Crippen LogP contribution in [0.4, 0.5) is 4.39 Å². The fourth-order valence-corrected chi connectivity index (χ4v) is 1.67. The first kappa shape index (κ1) is 12.3. The van der Waals surface area contributed by atoms with Crippen LogP contribution in [0.25, 0.3) is 0 Å². The predicted molar refractivity (Wildman–Crippen MR) is 60.6 cm³/mol. The lowest BCUT2D eigenvalue weighted by molar-refractivity contribution is -0.127. The van der Waals surface area contributed by atoms with Crippen molar-refractivity contribution in [3.8, 4) is 0 Å². The van der Waals surface area contributed by atoms with Crippen LogP contribution in [0.5, 0.6) is 0 Å². The summed E-state index contributed by atoms with van der Waals surface area (Å²) in [5.41, 5.74) is -0.239. The Morgan fingerprint density at radius 1 is 1.59 bits per heavy atom. The maximum Gasteiger partial charge on any atom is 0.341 e. The molecule has 5 heteroatoms. The minimum atomic E-state index is -0.674. The van der Waals surface area contributed by atoms with E-state index >= 15 is 0 Å². The number of esters is 1. The molecule has 0 radical (unpaired) electrons. The second kappa shape index (κ2) is 4.63. The molecular weight excluding hydrogens is 247 g/mol. The average Bonchev–Trinajstić information content (AvgIpc) is 2.23. The largest absolute Gasteiger partial charge is 0.461 e. The summed E-state index contributed by atoms with van der Waals surface area (Å²) < 4.78 is 23.5. The highest BCUT2D eigenvalue weighted by atomic mass is 35.5. The van der Waals surface area contributed by atoms with Gasteiger partial charge in [-0.2, -0.15) is 0 Å². The first-order valence-corrected chi connectivity index (χ1v) is 5.58. The van der Waals surface area contributed by atoms with Crippen LogP contribution in [0.15, 0.2) is 18.2 Å². The summed E-state index contributed by atoms with van der Waals surface area (Å²) in [6.45, 7) is 3.29. The molecule has 0 atom stereocenters. The lowest BCUT2D eigenvalue weighted by Gasteiger charge is -2.37. The second-order valence-corrected chi connectivity index (χ2v) is 4.94. The van der Waals surface area contributed by atoms with E-state index in [1.165, 1.54) is 12.1 Å². The first-order valence-electron chi connectivity index (χ1n) is 5.20. The molecule has 3 nitrogen and oxygen atoms in total. The Morgan fingerprint density at radius 2 is 2.29 bits per heavy atom. The third-order valence-electron chi connectivity index (χ3n) is 2.60. The molecule has 1 aliphatic heterocycles. The Hall–Kier alpha value is -1.13. The summed E-state index contributed by atoms with van der Waals surface area (Å²) in [7, 11) is 0. The molecule has 0 aromatic heterocycles. The monoisotopic (exact) mass is 258 g/mol. The van der Waals surface area contributed by atoms with Crippen molar-refractivity contribution in [1.82, 2.24) is 0 Å². The molecule has 1 aliphatic rings. The van der Waals surface area contributed by atoms with Gasteiger partial charge in [0.2, 0.25) is 0 Å². The van der Waals surface area contributed by atoms with Gasteiger partial charge in [-0.25, -0.2) is 9.18 Å². The van der Waals surface area contributed by atoms with E-state index in [0.29, 0.717) is 13.2 Å². The first-order chi connectivity index (χ1) is 8.00. The number of hydrogen-bond donors (Lipinski definition) is 0. The fraction of sp³-hybridized carbons (Fsp3) is 0.417. The smallest absolute Gasteiger partial charge is 0.341 e. The van der Waals surface area contributed by atoms with E-state index in [0.717, 1.165) is 6.07 Å². The fourth-order valence-electron chi connectivity index (χ4n) is 1.51. The van der Waals surface area contributed by atoms with E-state index in [2.05, 4.69) is 0 Å². The van der Waals surface area contributed by atoms with Crippen LogP contribution in [0, 0.1) is 11.2 Å². The maximum atomic E-state index is 13.4. The molecule has 0 N–H and O–H groups in total. The standard InChI is InChI=1S/C12H12ClFO3/c1-12(5-16-6-12)7-17-11(15)9-3-2-8(13)4-10(9)14/h2-4H,5-7H2,1H3. The summed E-state index contributed by atoms with van der Waals surface area (Å²) in [5, 5.41) is 0.249. The van der Waals surface area contributed by atoms with Crippen molar-refractivity contribution in [2.75, 3.05) is 19.8 Å². The number of halogens is 2. The molecule has 0 amide bonds. The van der Waals surface area contributed by atoms with Crippen LogP contribution in [0.3, 0.4) is 0 Å². The second-order valence-electron chi connectivity index (χ2n) is 4.50. The number of hydrogen-bond acceptors (Lipinski definition) is 3. The molecule has 1 aromatic rings. The lowest BCUT2D eigenvalue weighted by atomic mass is 9.90. The number of carbonyl (C=O) groups is 1. The van der Waals surface area contributed by atoms with Gasteiger partial charge in [-0.15, -0.1) is 0 Å². The molecule has 1 heterocycles. The molecule has 2 rings (SSSR count). The summed E-state index contributed by atoms with van der Waals surface area (Å²) in [6.07, 6.45) is 0. The van der Waals surface area contributed by atoms with Crippen LogP contribution in [-0.2, 0) is 9.47 Å². The van der Waals surface area contributed by atoms with E-state index < -0.39 is 11.8 Å². The van der Waals surface area contributed by atoms with Gasteiger partial charge in [0.05, 0.1) is 18.8 Å². The molecule has 92 valence electrons. The van der Waals surface area contributed by atoms with Crippen LogP contribution in [-0.4, -0.2) is 25.8 Å². The molecule has 0 unspecified atom stereocenters. The van der Waals surface area contributed by atoms with Crippen molar-refractivity contribution >= 4 is 17.6 Å². The van der Waals surface area contributed by atoms with Gasteiger partial charge >= 0.3 is 5.97 Å². The van der Waals surface area contributed by atoms with Crippen LogP contribution in [0.1, 0.15) is 17.3 Å². The third kappa shape index (κ3) is 2.76.